The van der Waals surface area contributed by atoms with Gasteiger partial charge in [0.25, 0.3) is 5.91 Å². The summed E-state index contributed by atoms with van der Waals surface area (Å²) in [4.78, 5) is 24.8. The van der Waals surface area contributed by atoms with Crippen molar-refractivity contribution in [3.63, 3.8) is 0 Å². The first kappa shape index (κ1) is 23.2. The molecule has 32 heavy (non-hydrogen) atoms. The molecule has 0 bridgehead atoms. The predicted octanol–water partition coefficient (Wildman–Crippen LogP) is 3.18. The van der Waals surface area contributed by atoms with E-state index in [1.54, 1.807) is 12.1 Å². The molecule has 3 rings (SSSR count). The summed E-state index contributed by atoms with van der Waals surface area (Å²) < 4.78 is 37.8. The lowest BCUT2D eigenvalue weighted by molar-refractivity contribution is -0.129. The number of sulfonamides is 1. The van der Waals surface area contributed by atoms with Crippen LogP contribution in [0, 0.1) is 0 Å². The SMILES string of the molecule is C[C@H](OC(=O)c1cccc(S(=O)(=O)NCc2ccco2)c1)C(=O)N[C@H](C)c1ccccc1. The minimum Gasteiger partial charge on any atom is -0.468 e. The zero-order valence-electron chi connectivity index (χ0n) is 17.6. The van der Waals surface area contributed by atoms with Crippen molar-refractivity contribution in [1.82, 2.24) is 10.0 Å². The molecule has 0 saturated carbocycles. The van der Waals surface area contributed by atoms with E-state index in [2.05, 4.69) is 10.0 Å². The van der Waals surface area contributed by atoms with Crippen LogP contribution in [0.3, 0.4) is 0 Å². The van der Waals surface area contributed by atoms with Gasteiger partial charge in [0.2, 0.25) is 10.0 Å². The fraction of sp³-hybridized carbons (Fsp3) is 0.217. The Morgan fingerprint density at radius 2 is 1.75 bits per heavy atom. The van der Waals surface area contributed by atoms with Gasteiger partial charge in [-0.25, -0.2) is 17.9 Å². The van der Waals surface area contributed by atoms with Gasteiger partial charge < -0.3 is 14.5 Å². The van der Waals surface area contributed by atoms with Gasteiger partial charge in [-0.2, -0.15) is 0 Å². The molecule has 1 amide bonds. The average Bonchev–Trinajstić information content (AvgIpc) is 3.32. The topological polar surface area (TPSA) is 115 Å². The predicted molar refractivity (Wildman–Crippen MR) is 117 cm³/mol. The zero-order chi connectivity index (χ0) is 23.1. The standard InChI is InChI=1S/C23H24N2O6S/c1-16(18-8-4-3-5-9-18)25-22(26)17(2)31-23(27)19-10-6-12-21(14-19)32(28,29)24-15-20-11-7-13-30-20/h3-14,16-17,24H,15H2,1-2H3,(H,25,26)/t16-,17+/m1/s1. The minimum absolute atomic E-state index is 0.0154. The summed E-state index contributed by atoms with van der Waals surface area (Å²) in [5.74, 6) is -0.810. The summed E-state index contributed by atoms with van der Waals surface area (Å²) in [6.45, 7) is 3.25. The van der Waals surface area contributed by atoms with E-state index in [1.165, 1.54) is 37.5 Å². The highest BCUT2D eigenvalue weighted by atomic mass is 32.2. The van der Waals surface area contributed by atoms with Crippen LogP contribution in [0.2, 0.25) is 0 Å². The second-order valence-electron chi connectivity index (χ2n) is 7.12. The molecule has 0 aliphatic heterocycles. The largest absolute Gasteiger partial charge is 0.468 e. The van der Waals surface area contributed by atoms with Crippen molar-refractivity contribution in [2.45, 2.75) is 37.4 Å². The van der Waals surface area contributed by atoms with Gasteiger partial charge in [0.15, 0.2) is 6.10 Å². The molecule has 0 aliphatic rings. The van der Waals surface area contributed by atoms with Crippen molar-refractivity contribution in [1.29, 1.82) is 0 Å². The van der Waals surface area contributed by atoms with Gasteiger partial charge in [0.05, 0.1) is 29.3 Å². The number of carbonyl (C=O) groups is 2. The van der Waals surface area contributed by atoms with Crippen molar-refractivity contribution in [2.75, 3.05) is 0 Å². The smallest absolute Gasteiger partial charge is 0.338 e. The summed E-state index contributed by atoms with van der Waals surface area (Å²) in [6.07, 6.45) is 0.379. The van der Waals surface area contributed by atoms with E-state index < -0.39 is 28.0 Å². The van der Waals surface area contributed by atoms with Crippen molar-refractivity contribution in [2.24, 2.45) is 0 Å². The van der Waals surface area contributed by atoms with Crippen LogP contribution in [0.5, 0.6) is 0 Å². The van der Waals surface area contributed by atoms with Crippen molar-refractivity contribution in [3.8, 4) is 0 Å². The molecule has 2 aromatic carbocycles. The maximum Gasteiger partial charge on any atom is 0.338 e. The normalized spacial score (nSPS) is 13.2. The number of nitrogens with one attached hydrogen (secondary N) is 2. The van der Waals surface area contributed by atoms with Crippen LogP contribution in [-0.2, 0) is 26.1 Å². The molecule has 0 saturated heterocycles. The third-order valence-corrected chi connectivity index (χ3v) is 6.11. The Bertz CT molecular complexity index is 1160. The maximum absolute atomic E-state index is 12.5. The van der Waals surface area contributed by atoms with Crippen LogP contribution in [0.25, 0.3) is 0 Å². The van der Waals surface area contributed by atoms with Crippen LogP contribution in [0.15, 0.2) is 82.3 Å². The van der Waals surface area contributed by atoms with Gasteiger partial charge in [-0.3, -0.25) is 4.79 Å². The number of amides is 1. The van der Waals surface area contributed by atoms with Gasteiger partial charge in [-0.1, -0.05) is 36.4 Å². The molecule has 1 heterocycles. The van der Waals surface area contributed by atoms with Crippen LogP contribution in [0.1, 0.15) is 41.6 Å². The van der Waals surface area contributed by atoms with Gasteiger partial charge in [0.1, 0.15) is 5.76 Å². The number of benzene rings is 2. The Labute approximate surface area is 186 Å². The first-order valence-corrected chi connectivity index (χ1v) is 11.4. The molecule has 9 heteroatoms. The van der Waals surface area contributed by atoms with Gasteiger partial charge in [-0.05, 0) is 49.7 Å². The number of rotatable bonds is 9. The van der Waals surface area contributed by atoms with E-state index in [9.17, 15) is 18.0 Å². The summed E-state index contributed by atoms with van der Waals surface area (Å²) in [5, 5.41) is 2.79. The summed E-state index contributed by atoms with van der Waals surface area (Å²) in [7, 11) is -3.88. The lowest BCUT2D eigenvalue weighted by Crippen LogP contribution is -2.37. The van der Waals surface area contributed by atoms with Crippen molar-refractivity contribution >= 4 is 21.9 Å². The number of ether oxygens (including phenoxy) is 1. The van der Waals surface area contributed by atoms with E-state index >= 15 is 0 Å². The molecule has 2 atom stereocenters. The van der Waals surface area contributed by atoms with Crippen molar-refractivity contribution in [3.05, 3.63) is 89.9 Å². The Balaban J connectivity index is 1.61. The number of esters is 1. The summed E-state index contributed by atoms with van der Waals surface area (Å²) in [5.41, 5.74) is 0.931. The van der Waals surface area contributed by atoms with E-state index in [0.717, 1.165) is 5.56 Å². The Hall–Kier alpha value is -3.43. The highest BCUT2D eigenvalue weighted by molar-refractivity contribution is 7.89. The van der Waals surface area contributed by atoms with Gasteiger partial charge >= 0.3 is 5.97 Å². The lowest BCUT2D eigenvalue weighted by atomic mass is 10.1. The summed E-state index contributed by atoms with van der Waals surface area (Å²) >= 11 is 0. The monoisotopic (exact) mass is 456 g/mol. The molecule has 0 radical (unpaired) electrons. The van der Waals surface area contributed by atoms with E-state index in [0.29, 0.717) is 5.76 Å². The third-order valence-electron chi connectivity index (χ3n) is 4.71. The molecule has 3 aromatic rings. The van der Waals surface area contributed by atoms with Crippen LogP contribution < -0.4 is 10.0 Å². The highest BCUT2D eigenvalue weighted by Crippen LogP contribution is 2.15. The maximum atomic E-state index is 12.5. The number of hydrogen-bond acceptors (Lipinski definition) is 6. The van der Waals surface area contributed by atoms with Gasteiger partial charge in [0, 0.05) is 0 Å². The quantitative estimate of drug-likeness (QED) is 0.478. The van der Waals surface area contributed by atoms with Crippen LogP contribution in [0.4, 0.5) is 0 Å². The van der Waals surface area contributed by atoms with Gasteiger partial charge in [-0.15, -0.1) is 0 Å². The molecule has 0 spiro atoms. The molecule has 8 nitrogen and oxygen atoms in total. The number of carbonyl (C=O) groups excluding carboxylic acids is 2. The van der Waals surface area contributed by atoms with E-state index in [-0.39, 0.29) is 23.0 Å². The highest BCUT2D eigenvalue weighted by Gasteiger charge is 2.22. The average molecular weight is 457 g/mol. The fourth-order valence-corrected chi connectivity index (χ4v) is 3.93. The first-order valence-electron chi connectivity index (χ1n) is 9.94. The zero-order valence-corrected chi connectivity index (χ0v) is 18.5. The second kappa shape index (κ2) is 10.3. The Kier molecular flexibility index (Phi) is 7.45. The Morgan fingerprint density at radius 3 is 2.44 bits per heavy atom. The molecule has 0 aliphatic carbocycles. The minimum atomic E-state index is -3.88. The molecular formula is C23H24N2O6S. The van der Waals surface area contributed by atoms with E-state index in [4.69, 9.17) is 9.15 Å². The molecule has 0 unspecified atom stereocenters. The lowest BCUT2D eigenvalue weighted by Gasteiger charge is -2.18. The molecular weight excluding hydrogens is 432 g/mol. The van der Waals surface area contributed by atoms with E-state index in [1.807, 2.05) is 37.3 Å². The van der Waals surface area contributed by atoms with Crippen LogP contribution in [-0.4, -0.2) is 26.4 Å². The Morgan fingerprint density at radius 1 is 1.00 bits per heavy atom. The second-order valence-corrected chi connectivity index (χ2v) is 8.89. The molecule has 1 aromatic heterocycles. The van der Waals surface area contributed by atoms with Crippen LogP contribution >= 0.6 is 0 Å². The third kappa shape index (κ3) is 6.05. The fourth-order valence-electron chi connectivity index (χ4n) is 2.89. The number of furan rings is 1. The molecule has 2 N–H and O–H groups in total. The first-order chi connectivity index (χ1) is 15.3. The summed E-state index contributed by atoms with van der Waals surface area (Å²) in [6, 6.07) is 17.8. The molecule has 168 valence electrons. The van der Waals surface area contributed by atoms with Crippen molar-refractivity contribution < 1.29 is 27.2 Å². The molecule has 0 fully saturated rings. The number of hydrogen-bond donors (Lipinski definition) is 2.